The standard InChI is InChI=1S/C19H22N2O4S/c1-3-25-18-10-6-16(7-11-18)14(2)20-19(22)13-26-12-15-4-8-17(9-5-15)21(23)24/h4-11,14H,3,12-13H2,1-2H3,(H,20,22). The SMILES string of the molecule is CCOc1ccc(C(C)NC(=O)CSCc2ccc([N+](=O)[O-])cc2)cc1. The second-order valence-corrected chi connectivity index (χ2v) is 6.69. The Balaban J connectivity index is 1.76. The maximum Gasteiger partial charge on any atom is 0.269 e. The van der Waals surface area contributed by atoms with Crippen molar-refractivity contribution in [2.45, 2.75) is 25.6 Å². The Bertz CT molecular complexity index is 732. The van der Waals surface area contributed by atoms with Crippen molar-refractivity contribution in [2.75, 3.05) is 12.4 Å². The van der Waals surface area contributed by atoms with Crippen molar-refractivity contribution in [1.82, 2.24) is 5.32 Å². The first kappa shape index (κ1) is 19.8. The van der Waals surface area contributed by atoms with Gasteiger partial charge in [-0.15, -0.1) is 11.8 Å². The van der Waals surface area contributed by atoms with E-state index in [1.807, 2.05) is 38.1 Å². The van der Waals surface area contributed by atoms with Gasteiger partial charge in [0.25, 0.3) is 5.69 Å². The molecule has 6 nitrogen and oxygen atoms in total. The number of nitrogens with zero attached hydrogens (tertiary/aromatic N) is 1. The number of rotatable bonds is 9. The fourth-order valence-corrected chi connectivity index (χ4v) is 3.16. The van der Waals surface area contributed by atoms with Crippen LogP contribution in [-0.2, 0) is 10.5 Å². The number of nitro groups is 1. The molecule has 0 aliphatic rings. The van der Waals surface area contributed by atoms with Gasteiger partial charge in [0.15, 0.2) is 0 Å². The molecule has 0 aliphatic carbocycles. The number of carbonyl (C=O) groups is 1. The van der Waals surface area contributed by atoms with Gasteiger partial charge in [-0.2, -0.15) is 0 Å². The van der Waals surface area contributed by atoms with Gasteiger partial charge in [0.1, 0.15) is 5.75 Å². The van der Waals surface area contributed by atoms with E-state index in [0.717, 1.165) is 16.9 Å². The van der Waals surface area contributed by atoms with Gasteiger partial charge in [-0.05, 0) is 37.1 Å². The van der Waals surface area contributed by atoms with E-state index in [-0.39, 0.29) is 17.6 Å². The molecule has 0 fully saturated rings. The van der Waals surface area contributed by atoms with Gasteiger partial charge in [0, 0.05) is 17.9 Å². The molecule has 2 aromatic rings. The lowest BCUT2D eigenvalue weighted by atomic mass is 10.1. The summed E-state index contributed by atoms with van der Waals surface area (Å²) in [4.78, 5) is 22.3. The van der Waals surface area contributed by atoms with Crippen molar-refractivity contribution in [2.24, 2.45) is 0 Å². The summed E-state index contributed by atoms with van der Waals surface area (Å²) in [6.45, 7) is 4.50. The maximum absolute atomic E-state index is 12.1. The lowest BCUT2D eigenvalue weighted by Crippen LogP contribution is -2.28. The van der Waals surface area contributed by atoms with E-state index in [4.69, 9.17) is 4.74 Å². The largest absolute Gasteiger partial charge is 0.494 e. The lowest BCUT2D eigenvalue weighted by Gasteiger charge is -2.15. The van der Waals surface area contributed by atoms with E-state index in [2.05, 4.69) is 5.32 Å². The van der Waals surface area contributed by atoms with E-state index >= 15 is 0 Å². The van der Waals surface area contributed by atoms with Crippen molar-refractivity contribution < 1.29 is 14.5 Å². The normalized spacial score (nSPS) is 11.6. The molecule has 0 saturated carbocycles. The average molecular weight is 374 g/mol. The Labute approximate surface area is 157 Å². The lowest BCUT2D eigenvalue weighted by molar-refractivity contribution is -0.384. The van der Waals surface area contributed by atoms with Crippen LogP contribution < -0.4 is 10.1 Å². The molecule has 0 heterocycles. The fourth-order valence-electron chi connectivity index (χ4n) is 2.36. The minimum Gasteiger partial charge on any atom is -0.494 e. The molecular weight excluding hydrogens is 352 g/mol. The Morgan fingerprint density at radius 3 is 2.42 bits per heavy atom. The monoisotopic (exact) mass is 374 g/mol. The fraction of sp³-hybridized carbons (Fsp3) is 0.316. The third-order valence-electron chi connectivity index (χ3n) is 3.72. The zero-order valence-electron chi connectivity index (χ0n) is 14.8. The van der Waals surface area contributed by atoms with Crippen LogP contribution in [0.5, 0.6) is 5.75 Å². The minimum atomic E-state index is -0.424. The second-order valence-electron chi connectivity index (χ2n) is 5.71. The van der Waals surface area contributed by atoms with Gasteiger partial charge >= 0.3 is 0 Å². The highest BCUT2D eigenvalue weighted by Crippen LogP contribution is 2.19. The number of thioether (sulfide) groups is 1. The van der Waals surface area contributed by atoms with Crippen LogP contribution in [0.25, 0.3) is 0 Å². The molecule has 0 saturated heterocycles. The van der Waals surface area contributed by atoms with Crippen LogP contribution >= 0.6 is 11.8 Å². The molecule has 0 spiro atoms. The third-order valence-corrected chi connectivity index (χ3v) is 4.72. The molecule has 2 aromatic carbocycles. The third kappa shape index (κ3) is 6.07. The molecule has 0 bridgehead atoms. The highest BCUT2D eigenvalue weighted by atomic mass is 32.2. The van der Waals surface area contributed by atoms with Gasteiger partial charge in [-0.3, -0.25) is 14.9 Å². The van der Waals surface area contributed by atoms with Crippen molar-refractivity contribution in [3.05, 3.63) is 69.8 Å². The summed E-state index contributed by atoms with van der Waals surface area (Å²) in [7, 11) is 0. The van der Waals surface area contributed by atoms with Crippen LogP contribution in [0, 0.1) is 10.1 Å². The number of hydrogen-bond donors (Lipinski definition) is 1. The van der Waals surface area contributed by atoms with Gasteiger partial charge in [-0.1, -0.05) is 24.3 Å². The number of benzene rings is 2. The smallest absolute Gasteiger partial charge is 0.269 e. The van der Waals surface area contributed by atoms with Crippen LogP contribution in [0.1, 0.15) is 31.0 Å². The number of nitro benzene ring substituents is 1. The summed E-state index contributed by atoms with van der Waals surface area (Å²) < 4.78 is 5.41. The van der Waals surface area contributed by atoms with Gasteiger partial charge in [-0.25, -0.2) is 0 Å². The highest BCUT2D eigenvalue weighted by molar-refractivity contribution is 7.99. The highest BCUT2D eigenvalue weighted by Gasteiger charge is 2.10. The molecule has 1 atom stereocenters. The number of non-ortho nitro benzene ring substituents is 1. The summed E-state index contributed by atoms with van der Waals surface area (Å²) in [6.07, 6.45) is 0. The average Bonchev–Trinajstić information content (AvgIpc) is 2.63. The molecule has 0 aliphatic heterocycles. The first-order valence-electron chi connectivity index (χ1n) is 8.32. The zero-order valence-corrected chi connectivity index (χ0v) is 15.6. The van der Waals surface area contributed by atoms with Gasteiger partial charge in [0.05, 0.1) is 23.3 Å². The van der Waals surface area contributed by atoms with Crippen molar-refractivity contribution in [3.8, 4) is 5.75 Å². The van der Waals surface area contributed by atoms with Crippen LogP contribution in [0.15, 0.2) is 48.5 Å². The molecule has 2 rings (SSSR count). The molecule has 1 N–H and O–H groups in total. The Kier molecular flexibility index (Phi) is 7.47. The number of nitrogens with one attached hydrogen (secondary N) is 1. The summed E-state index contributed by atoms with van der Waals surface area (Å²) in [5, 5.41) is 13.6. The maximum atomic E-state index is 12.1. The summed E-state index contributed by atoms with van der Waals surface area (Å²) in [5.41, 5.74) is 2.04. The first-order valence-corrected chi connectivity index (χ1v) is 9.48. The van der Waals surface area contributed by atoms with E-state index in [1.54, 1.807) is 12.1 Å². The Hall–Kier alpha value is -2.54. The number of amides is 1. The Morgan fingerprint density at radius 2 is 1.85 bits per heavy atom. The molecule has 7 heteroatoms. The molecule has 26 heavy (non-hydrogen) atoms. The van der Waals surface area contributed by atoms with Crippen LogP contribution in [0.2, 0.25) is 0 Å². The van der Waals surface area contributed by atoms with Crippen molar-refractivity contribution in [1.29, 1.82) is 0 Å². The number of carbonyl (C=O) groups excluding carboxylic acids is 1. The minimum absolute atomic E-state index is 0.0432. The molecule has 1 amide bonds. The molecule has 138 valence electrons. The predicted molar refractivity (Wildman–Crippen MR) is 103 cm³/mol. The van der Waals surface area contributed by atoms with Crippen LogP contribution in [0.3, 0.4) is 0 Å². The second kappa shape index (κ2) is 9.82. The quantitative estimate of drug-likeness (QED) is 0.528. The zero-order chi connectivity index (χ0) is 18.9. The predicted octanol–water partition coefficient (Wildman–Crippen LogP) is 4.10. The summed E-state index contributed by atoms with van der Waals surface area (Å²) in [5.74, 6) is 1.73. The first-order chi connectivity index (χ1) is 12.5. The van der Waals surface area contributed by atoms with E-state index in [0.29, 0.717) is 18.1 Å². The van der Waals surface area contributed by atoms with Crippen molar-refractivity contribution >= 4 is 23.4 Å². The number of ether oxygens (including phenoxy) is 1. The van der Waals surface area contributed by atoms with Crippen LogP contribution in [0.4, 0.5) is 5.69 Å². The van der Waals surface area contributed by atoms with Gasteiger partial charge in [0.2, 0.25) is 5.91 Å². The topological polar surface area (TPSA) is 81.5 Å². The van der Waals surface area contributed by atoms with Crippen LogP contribution in [-0.4, -0.2) is 23.2 Å². The van der Waals surface area contributed by atoms with Crippen molar-refractivity contribution in [3.63, 3.8) is 0 Å². The number of hydrogen-bond acceptors (Lipinski definition) is 5. The summed E-state index contributed by atoms with van der Waals surface area (Å²) >= 11 is 1.47. The van der Waals surface area contributed by atoms with E-state index in [1.165, 1.54) is 23.9 Å². The molecule has 0 radical (unpaired) electrons. The molecule has 0 aromatic heterocycles. The Morgan fingerprint density at radius 1 is 1.19 bits per heavy atom. The van der Waals surface area contributed by atoms with E-state index < -0.39 is 4.92 Å². The molecule has 1 unspecified atom stereocenters. The van der Waals surface area contributed by atoms with Gasteiger partial charge < -0.3 is 10.1 Å². The summed E-state index contributed by atoms with van der Waals surface area (Å²) in [6, 6.07) is 14.0. The molecular formula is C19H22N2O4S. The van der Waals surface area contributed by atoms with E-state index in [9.17, 15) is 14.9 Å².